The van der Waals surface area contributed by atoms with Crippen LogP contribution in [0.5, 0.6) is 5.75 Å². The molecular formula is C31H36N8O3. The molecule has 3 heterocycles. The molecule has 0 bridgehead atoms. The van der Waals surface area contributed by atoms with Crippen molar-refractivity contribution in [3.05, 3.63) is 72.6 Å². The Morgan fingerprint density at radius 2 is 1.98 bits per heavy atom. The number of ether oxygens (including phenoxy) is 1. The molecule has 42 heavy (non-hydrogen) atoms. The van der Waals surface area contributed by atoms with Gasteiger partial charge in [-0.15, -0.1) is 0 Å². The van der Waals surface area contributed by atoms with Crippen LogP contribution in [0.3, 0.4) is 0 Å². The molecule has 2 fully saturated rings. The summed E-state index contributed by atoms with van der Waals surface area (Å²) < 4.78 is 5.79. The Morgan fingerprint density at radius 3 is 2.69 bits per heavy atom. The third kappa shape index (κ3) is 6.30. The first-order valence-electron chi connectivity index (χ1n) is 14.0. The number of nitriles is 1. The largest absolute Gasteiger partial charge is 0.494 e. The topological polar surface area (TPSA) is 119 Å². The van der Waals surface area contributed by atoms with Gasteiger partial charge in [-0.3, -0.25) is 9.63 Å². The highest BCUT2D eigenvalue weighted by Gasteiger charge is 2.30. The molecule has 11 nitrogen and oxygen atoms in total. The molecule has 2 N–H and O–H groups in total. The SMILES string of the molecule is C=CC(=O)Nc1cc(Nc2cc(N3OCC[C@@H]3c3cccc(C#N)c3)ncn2)c(OC)cc1N1CCC(N(C)C)CC1. The summed E-state index contributed by atoms with van der Waals surface area (Å²) in [4.78, 5) is 31.8. The van der Waals surface area contributed by atoms with Crippen LogP contribution in [0, 0.1) is 11.3 Å². The lowest BCUT2D eigenvalue weighted by Crippen LogP contribution is -2.42. The molecule has 0 saturated carbocycles. The van der Waals surface area contributed by atoms with E-state index >= 15 is 0 Å². The first kappa shape index (κ1) is 28.9. The maximum Gasteiger partial charge on any atom is 0.247 e. The van der Waals surface area contributed by atoms with Crippen molar-refractivity contribution in [3.63, 3.8) is 0 Å². The van der Waals surface area contributed by atoms with Crippen molar-refractivity contribution in [1.82, 2.24) is 14.9 Å². The maximum atomic E-state index is 12.4. The molecule has 5 rings (SSSR count). The molecular weight excluding hydrogens is 532 g/mol. The summed E-state index contributed by atoms with van der Waals surface area (Å²) in [5.74, 6) is 1.42. The van der Waals surface area contributed by atoms with Crippen LogP contribution in [0.2, 0.25) is 0 Å². The second-order valence-corrected chi connectivity index (χ2v) is 10.5. The molecule has 2 aliphatic rings. The standard InChI is InChI=1S/C31H36N8O3/c1-5-31(40)36-24-16-25(28(41-4)17-27(24)38-12-9-23(10-13-38)37(2)3)35-29-18-30(34-20-33-29)39-26(11-14-42-39)22-8-6-7-21(15-22)19-32/h5-8,15-18,20,23,26H,1,9-14H2,2-4H3,(H,36,40)(H,33,34,35)/t26-/m1/s1. The highest BCUT2D eigenvalue weighted by Crippen LogP contribution is 2.40. The van der Waals surface area contributed by atoms with Crippen LogP contribution in [-0.4, -0.2) is 67.7 Å². The molecule has 218 valence electrons. The van der Waals surface area contributed by atoms with Crippen molar-refractivity contribution >= 4 is 34.6 Å². The Balaban J connectivity index is 1.42. The van der Waals surface area contributed by atoms with Gasteiger partial charge in [0.15, 0.2) is 5.82 Å². The zero-order valence-corrected chi connectivity index (χ0v) is 24.2. The summed E-state index contributed by atoms with van der Waals surface area (Å²) in [6, 6.07) is 15.8. The van der Waals surface area contributed by atoms with Crippen molar-refractivity contribution in [2.24, 2.45) is 0 Å². The fraction of sp³-hybridized carbons (Fsp3) is 0.355. The Morgan fingerprint density at radius 1 is 1.17 bits per heavy atom. The van der Waals surface area contributed by atoms with E-state index in [-0.39, 0.29) is 11.9 Å². The first-order valence-corrected chi connectivity index (χ1v) is 14.0. The molecule has 2 aliphatic heterocycles. The summed E-state index contributed by atoms with van der Waals surface area (Å²) in [6.07, 6.45) is 5.53. The second-order valence-electron chi connectivity index (χ2n) is 10.5. The third-order valence-electron chi connectivity index (χ3n) is 7.74. The molecule has 1 atom stereocenters. The summed E-state index contributed by atoms with van der Waals surface area (Å²) in [6.45, 7) is 5.87. The molecule has 0 radical (unpaired) electrons. The molecule has 2 aromatic carbocycles. The number of benzene rings is 2. The Labute approximate surface area is 246 Å². The predicted octanol–water partition coefficient (Wildman–Crippen LogP) is 4.64. The minimum atomic E-state index is -0.294. The van der Waals surface area contributed by atoms with E-state index in [0.717, 1.165) is 43.6 Å². The monoisotopic (exact) mass is 568 g/mol. The summed E-state index contributed by atoms with van der Waals surface area (Å²) in [7, 11) is 5.84. The number of piperidine rings is 1. The number of hydroxylamine groups is 1. The van der Waals surface area contributed by atoms with Crippen LogP contribution in [0.25, 0.3) is 0 Å². The number of nitrogens with zero attached hydrogens (tertiary/aromatic N) is 6. The van der Waals surface area contributed by atoms with Crippen molar-refractivity contribution in [2.45, 2.75) is 31.3 Å². The summed E-state index contributed by atoms with van der Waals surface area (Å²) >= 11 is 0. The first-order chi connectivity index (χ1) is 20.4. The van der Waals surface area contributed by atoms with Crippen LogP contribution in [0.4, 0.5) is 28.7 Å². The number of hydrogen-bond acceptors (Lipinski definition) is 10. The van der Waals surface area contributed by atoms with Gasteiger partial charge >= 0.3 is 0 Å². The number of methoxy groups -OCH3 is 1. The van der Waals surface area contributed by atoms with Gasteiger partial charge in [-0.05, 0) is 56.8 Å². The maximum absolute atomic E-state index is 12.4. The van der Waals surface area contributed by atoms with Crippen molar-refractivity contribution < 1.29 is 14.4 Å². The Kier molecular flexibility index (Phi) is 8.85. The van der Waals surface area contributed by atoms with Crippen molar-refractivity contribution in [3.8, 4) is 11.8 Å². The van der Waals surface area contributed by atoms with E-state index in [1.165, 1.54) is 12.4 Å². The van der Waals surface area contributed by atoms with Gasteiger partial charge in [0.05, 0.1) is 48.5 Å². The van der Waals surface area contributed by atoms with Gasteiger partial charge in [-0.2, -0.15) is 5.26 Å². The number of carbonyl (C=O) groups excluding carboxylic acids is 1. The van der Waals surface area contributed by atoms with Gasteiger partial charge in [-0.1, -0.05) is 18.7 Å². The average Bonchev–Trinajstić information content (AvgIpc) is 3.52. The normalized spacial score (nSPS) is 17.2. The van der Waals surface area contributed by atoms with Crippen molar-refractivity contribution in [1.29, 1.82) is 5.26 Å². The number of amides is 1. The zero-order chi connectivity index (χ0) is 29.6. The van der Waals surface area contributed by atoms with E-state index in [0.29, 0.717) is 47.0 Å². The minimum absolute atomic E-state index is 0.0905. The van der Waals surface area contributed by atoms with E-state index in [1.54, 1.807) is 24.3 Å². The molecule has 0 spiro atoms. The number of anilines is 5. The van der Waals surface area contributed by atoms with Crippen LogP contribution in [0.1, 0.15) is 36.4 Å². The average molecular weight is 569 g/mol. The van der Waals surface area contributed by atoms with Gasteiger partial charge in [0.2, 0.25) is 5.91 Å². The van der Waals surface area contributed by atoms with Crippen LogP contribution in [0.15, 0.2) is 61.4 Å². The number of hydrogen-bond donors (Lipinski definition) is 2. The molecule has 3 aromatic rings. The van der Waals surface area contributed by atoms with Gasteiger partial charge < -0.3 is 25.2 Å². The third-order valence-corrected chi connectivity index (χ3v) is 7.74. The minimum Gasteiger partial charge on any atom is -0.494 e. The molecule has 1 amide bonds. The fourth-order valence-corrected chi connectivity index (χ4v) is 5.49. The van der Waals surface area contributed by atoms with Crippen LogP contribution < -0.4 is 25.3 Å². The Bertz CT molecular complexity index is 1480. The molecule has 0 unspecified atom stereocenters. The number of rotatable bonds is 9. The zero-order valence-electron chi connectivity index (χ0n) is 24.2. The van der Waals surface area contributed by atoms with E-state index in [1.807, 2.05) is 30.3 Å². The Hall–Kier alpha value is -4.66. The second kappa shape index (κ2) is 12.9. The molecule has 0 aliphatic carbocycles. The van der Waals surface area contributed by atoms with Gasteiger partial charge in [-0.25, -0.2) is 15.0 Å². The lowest BCUT2D eigenvalue weighted by molar-refractivity contribution is -0.111. The lowest BCUT2D eigenvalue weighted by Gasteiger charge is -2.37. The van der Waals surface area contributed by atoms with E-state index < -0.39 is 0 Å². The van der Waals surface area contributed by atoms with Gasteiger partial charge in [0.25, 0.3) is 0 Å². The highest BCUT2D eigenvalue weighted by atomic mass is 16.7. The van der Waals surface area contributed by atoms with Gasteiger partial charge in [0.1, 0.15) is 17.9 Å². The number of carbonyl (C=O) groups is 1. The highest BCUT2D eigenvalue weighted by molar-refractivity contribution is 6.02. The summed E-state index contributed by atoms with van der Waals surface area (Å²) in [5.41, 5.74) is 3.76. The van der Waals surface area contributed by atoms with E-state index in [9.17, 15) is 10.1 Å². The predicted molar refractivity (Wildman–Crippen MR) is 163 cm³/mol. The van der Waals surface area contributed by atoms with Crippen molar-refractivity contribution in [2.75, 3.05) is 61.5 Å². The lowest BCUT2D eigenvalue weighted by atomic mass is 10.0. The van der Waals surface area contributed by atoms with Crippen LogP contribution in [-0.2, 0) is 9.63 Å². The number of nitrogens with one attached hydrogen (secondary N) is 2. The molecule has 11 heteroatoms. The number of aromatic nitrogens is 2. The van der Waals surface area contributed by atoms with E-state index in [4.69, 9.17) is 9.57 Å². The summed E-state index contributed by atoms with van der Waals surface area (Å²) in [5, 5.41) is 17.4. The molecule has 1 aromatic heterocycles. The van der Waals surface area contributed by atoms with E-state index in [2.05, 4.69) is 57.1 Å². The fourth-order valence-electron chi connectivity index (χ4n) is 5.49. The van der Waals surface area contributed by atoms with Gasteiger partial charge in [0, 0.05) is 37.7 Å². The smallest absolute Gasteiger partial charge is 0.247 e. The van der Waals surface area contributed by atoms with Crippen LogP contribution >= 0.6 is 0 Å². The quantitative estimate of drug-likeness (QED) is 0.354. The molecule has 2 saturated heterocycles.